The van der Waals surface area contributed by atoms with Crippen molar-refractivity contribution in [1.29, 1.82) is 0 Å². The van der Waals surface area contributed by atoms with Crippen LogP contribution in [0.2, 0.25) is 0 Å². The van der Waals surface area contributed by atoms with Crippen molar-refractivity contribution in [1.82, 2.24) is 9.88 Å². The topological polar surface area (TPSA) is 28.2 Å². The van der Waals surface area contributed by atoms with Gasteiger partial charge >= 0.3 is 0 Å². The zero-order valence-corrected chi connectivity index (χ0v) is 8.68. The van der Waals surface area contributed by atoms with Crippen molar-refractivity contribution in [3.05, 3.63) is 11.6 Å². The molecule has 0 atom stereocenters. The zero-order valence-electron chi connectivity index (χ0n) is 7.86. The molecule has 0 unspecified atom stereocenters. The molecule has 1 aromatic heterocycles. The molecule has 4 heteroatoms. The van der Waals surface area contributed by atoms with Gasteiger partial charge in [-0.3, -0.25) is 0 Å². The van der Waals surface area contributed by atoms with Crippen LogP contribution in [0.5, 0.6) is 0 Å². The first-order valence-corrected chi connectivity index (χ1v) is 5.57. The minimum Gasteiger partial charge on any atom is -0.359 e. The molecule has 0 bridgehead atoms. The first-order valence-electron chi connectivity index (χ1n) is 4.69. The van der Waals surface area contributed by atoms with Crippen LogP contribution >= 0.6 is 11.3 Å². The summed E-state index contributed by atoms with van der Waals surface area (Å²) in [7, 11) is 2.18. The fourth-order valence-corrected chi connectivity index (χ4v) is 2.23. The van der Waals surface area contributed by atoms with E-state index in [1.807, 2.05) is 11.6 Å². The molecule has 0 spiro atoms. The van der Waals surface area contributed by atoms with Crippen molar-refractivity contribution >= 4 is 16.5 Å². The van der Waals surface area contributed by atoms with Crippen molar-refractivity contribution in [2.45, 2.75) is 18.9 Å². The molecule has 72 valence electrons. The Kier molecular flexibility index (Phi) is 2.80. The van der Waals surface area contributed by atoms with E-state index in [0.29, 0.717) is 6.04 Å². The average Bonchev–Trinajstić information content (AvgIpc) is 2.62. The van der Waals surface area contributed by atoms with Gasteiger partial charge < -0.3 is 10.2 Å². The second kappa shape index (κ2) is 4.07. The highest BCUT2D eigenvalue weighted by molar-refractivity contribution is 7.13. The molecule has 3 nitrogen and oxygen atoms in total. The molecule has 0 amide bonds. The Labute approximate surface area is 82.8 Å². The summed E-state index contributed by atoms with van der Waals surface area (Å²) < 4.78 is 0. The monoisotopic (exact) mass is 197 g/mol. The SMILES string of the molecule is CN1CCC(Nc2nccs2)CC1. The highest BCUT2D eigenvalue weighted by Crippen LogP contribution is 2.17. The van der Waals surface area contributed by atoms with Crippen LogP contribution in [0.3, 0.4) is 0 Å². The molecule has 1 N–H and O–H groups in total. The number of anilines is 1. The Bertz CT molecular complexity index is 239. The summed E-state index contributed by atoms with van der Waals surface area (Å²) in [5, 5.41) is 6.54. The van der Waals surface area contributed by atoms with Gasteiger partial charge in [-0.25, -0.2) is 4.98 Å². The maximum Gasteiger partial charge on any atom is 0.182 e. The van der Waals surface area contributed by atoms with Gasteiger partial charge in [0.2, 0.25) is 0 Å². The highest BCUT2D eigenvalue weighted by Gasteiger charge is 2.16. The summed E-state index contributed by atoms with van der Waals surface area (Å²) in [6.07, 6.45) is 4.31. The Morgan fingerprint density at radius 2 is 2.31 bits per heavy atom. The lowest BCUT2D eigenvalue weighted by atomic mass is 10.1. The lowest BCUT2D eigenvalue weighted by molar-refractivity contribution is 0.264. The molecule has 1 saturated heterocycles. The third kappa shape index (κ3) is 2.42. The van der Waals surface area contributed by atoms with E-state index in [1.54, 1.807) is 11.3 Å². The standard InChI is InChI=1S/C9H15N3S/c1-12-5-2-8(3-6-12)11-9-10-4-7-13-9/h4,7-8H,2-3,5-6H2,1H3,(H,10,11). The van der Waals surface area contributed by atoms with Crippen LogP contribution < -0.4 is 5.32 Å². The van der Waals surface area contributed by atoms with E-state index in [1.165, 1.54) is 25.9 Å². The number of piperidine rings is 1. The van der Waals surface area contributed by atoms with Crippen LogP contribution in [0, 0.1) is 0 Å². The molecular formula is C9H15N3S. The van der Waals surface area contributed by atoms with Crippen LogP contribution in [-0.2, 0) is 0 Å². The van der Waals surface area contributed by atoms with E-state index >= 15 is 0 Å². The number of hydrogen-bond donors (Lipinski definition) is 1. The summed E-state index contributed by atoms with van der Waals surface area (Å²) in [6, 6.07) is 0.627. The molecule has 0 aliphatic carbocycles. The van der Waals surface area contributed by atoms with Crippen LogP contribution in [0.25, 0.3) is 0 Å². The number of aromatic nitrogens is 1. The number of nitrogens with one attached hydrogen (secondary N) is 1. The van der Waals surface area contributed by atoms with Gasteiger partial charge in [-0.05, 0) is 33.0 Å². The molecule has 1 aliphatic rings. The number of thiazole rings is 1. The van der Waals surface area contributed by atoms with Gasteiger partial charge in [0.25, 0.3) is 0 Å². The molecule has 1 fully saturated rings. The Morgan fingerprint density at radius 1 is 1.54 bits per heavy atom. The predicted molar refractivity (Wildman–Crippen MR) is 56.3 cm³/mol. The van der Waals surface area contributed by atoms with Crippen LogP contribution in [0.1, 0.15) is 12.8 Å². The average molecular weight is 197 g/mol. The van der Waals surface area contributed by atoms with E-state index in [4.69, 9.17) is 0 Å². The summed E-state index contributed by atoms with van der Waals surface area (Å²) in [4.78, 5) is 6.60. The Balaban J connectivity index is 1.83. The van der Waals surface area contributed by atoms with E-state index in [-0.39, 0.29) is 0 Å². The normalized spacial score (nSPS) is 20.4. The van der Waals surface area contributed by atoms with E-state index in [0.717, 1.165) is 5.13 Å². The first-order chi connectivity index (χ1) is 6.34. The maximum absolute atomic E-state index is 4.22. The van der Waals surface area contributed by atoms with Crippen molar-refractivity contribution < 1.29 is 0 Å². The van der Waals surface area contributed by atoms with Gasteiger partial charge in [0.1, 0.15) is 0 Å². The second-order valence-electron chi connectivity index (χ2n) is 3.56. The van der Waals surface area contributed by atoms with Crippen molar-refractivity contribution in [2.24, 2.45) is 0 Å². The fraction of sp³-hybridized carbons (Fsp3) is 0.667. The maximum atomic E-state index is 4.22. The molecule has 13 heavy (non-hydrogen) atoms. The summed E-state index contributed by atoms with van der Waals surface area (Å²) in [5.74, 6) is 0. The van der Waals surface area contributed by atoms with Gasteiger partial charge in [0, 0.05) is 17.6 Å². The highest BCUT2D eigenvalue weighted by atomic mass is 32.1. The minimum absolute atomic E-state index is 0.627. The van der Waals surface area contributed by atoms with Gasteiger partial charge in [-0.1, -0.05) is 0 Å². The predicted octanol–water partition coefficient (Wildman–Crippen LogP) is 1.65. The van der Waals surface area contributed by atoms with Crippen LogP contribution in [-0.4, -0.2) is 36.1 Å². The number of hydrogen-bond acceptors (Lipinski definition) is 4. The molecular weight excluding hydrogens is 182 g/mol. The van der Waals surface area contributed by atoms with Gasteiger partial charge in [-0.15, -0.1) is 11.3 Å². The zero-order chi connectivity index (χ0) is 9.10. The van der Waals surface area contributed by atoms with E-state index in [9.17, 15) is 0 Å². The van der Waals surface area contributed by atoms with Crippen molar-refractivity contribution in [3.63, 3.8) is 0 Å². The van der Waals surface area contributed by atoms with Crippen LogP contribution in [0.4, 0.5) is 5.13 Å². The largest absolute Gasteiger partial charge is 0.359 e. The van der Waals surface area contributed by atoms with Gasteiger partial charge in [0.15, 0.2) is 5.13 Å². The molecule has 0 saturated carbocycles. The fourth-order valence-electron chi connectivity index (χ4n) is 1.62. The molecule has 1 aliphatic heterocycles. The molecule has 2 heterocycles. The third-order valence-electron chi connectivity index (χ3n) is 2.48. The number of likely N-dealkylation sites (tertiary alicyclic amines) is 1. The lowest BCUT2D eigenvalue weighted by Crippen LogP contribution is -2.36. The first kappa shape index (κ1) is 8.97. The summed E-state index contributed by atoms with van der Waals surface area (Å²) in [5.41, 5.74) is 0. The molecule has 0 radical (unpaired) electrons. The summed E-state index contributed by atoms with van der Waals surface area (Å²) in [6.45, 7) is 2.39. The number of rotatable bonds is 2. The third-order valence-corrected chi connectivity index (χ3v) is 3.18. The van der Waals surface area contributed by atoms with Crippen LogP contribution in [0.15, 0.2) is 11.6 Å². The smallest absolute Gasteiger partial charge is 0.182 e. The second-order valence-corrected chi connectivity index (χ2v) is 4.45. The molecule has 0 aromatic carbocycles. The number of nitrogens with zero attached hydrogens (tertiary/aromatic N) is 2. The van der Waals surface area contributed by atoms with E-state index in [2.05, 4.69) is 22.2 Å². The lowest BCUT2D eigenvalue weighted by Gasteiger charge is -2.29. The Hall–Kier alpha value is -0.610. The quantitative estimate of drug-likeness (QED) is 0.781. The van der Waals surface area contributed by atoms with Crippen molar-refractivity contribution in [3.8, 4) is 0 Å². The molecule has 2 rings (SSSR count). The van der Waals surface area contributed by atoms with E-state index < -0.39 is 0 Å². The minimum atomic E-state index is 0.627. The molecule has 1 aromatic rings. The van der Waals surface area contributed by atoms with Gasteiger partial charge in [-0.2, -0.15) is 0 Å². The summed E-state index contributed by atoms with van der Waals surface area (Å²) >= 11 is 1.68. The Morgan fingerprint density at radius 3 is 2.92 bits per heavy atom. The van der Waals surface area contributed by atoms with Gasteiger partial charge in [0.05, 0.1) is 0 Å². The van der Waals surface area contributed by atoms with Crippen molar-refractivity contribution in [2.75, 3.05) is 25.5 Å².